The first-order chi connectivity index (χ1) is 10.5. The van der Waals surface area contributed by atoms with Gasteiger partial charge in [-0.25, -0.2) is 24.2 Å². The van der Waals surface area contributed by atoms with Crippen LogP contribution < -0.4 is 0 Å². The Morgan fingerprint density at radius 2 is 0.875 bits per heavy atom. The van der Waals surface area contributed by atoms with Crippen LogP contribution in [-0.2, 0) is 28.8 Å². The van der Waals surface area contributed by atoms with Crippen molar-refractivity contribution in [2.75, 3.05) is 0 Å². The summed E-state index contributed by atoms with van der Waals surface area (Å²) in [7, 11) is 0. The number of carbonyl (C=O) groups excluding carboxylic acids is 3. The number of carbonyl (C=O) groups is 3. The zero-order valence-corrected chi connectivity index (χ0v) is 16.5. The fourth-order valence-corrected chi connectivity index (χ4v) is 0.795. The van der Waals surface area contributed by atoms with Gasteiger partial charge in [0, 0.05) is 0 Å². The smallest absolute Gasteiger partial charge is 0.429 e. The zero-order valence-electron chi connectivity index (χ0n) is 16.5. The normalized spacial score (nSPS) is 11.3. The SMILES string of the molecule is CC(C)(C)OC(=O)OC(C)(C)C.CC(C)C(=O)OOC(=O)C(C)C. The van der Waals surface area contributed by atoms with E-state index in [0.717, 1.165) is 0 Å². The zero-order chi connectivity index (χ0) is 19.7. The molecule has 0 saturated carbocycles. The molecule has 7 nitrogen and oxygen atoms in total. The van der Waals surface area contributed by atoms with Gasteiger partial charge in [0.2, 0.25) is 0 Å². The molecule has 0 aromatic rings. The third-order valence-electron chi connectivity index (χ3n) is 1.93. The van der Waals surface area contributed by atoms with Gasteiger partial charge in [0.1, 0.15) is 11.2 Å². The molecule has 0 amide bonds. The molecular weight excluding hydrogens is 316 g/mol. The maximum absolute atomic E-state index is 11.0. The Kier molecular flexibility index (Phi) is 10.3. The lowest BCUT2D eigenvalue weighted by Crippen LogP contribution is -2.30. The first-order valence-electron chi connectivity index (χ1n) is 7.89. The molecule has 0 aliphatic carbocycles. The van der Waals surface area contributed by atoms with Crippen LogP contribution in [0.4, 0.5) is 4.79 Å². The lowest BCUT2D eigenvalue weighted by molar-refractivity contribution is -0.263. The molecule has 0 fully saturated rings. The van der Waals surface area contributed by atoms with Crippen LogP contribution in [0.1, 0.15) is 69.2 Å². The minimum Gasteiger partial charge on any atom is -0.429 e. The summed E-state index contributed by atoms with van der Waals surface area (Å²) in [5.41, 5.74) is -0.968. The first-order valence-corrected chi connectivity index (χ1v) is 7.89. The van der Waals surface area contributed by atoms with E-state index in [-0.39, 0.29) is 11.8 Å². The highest BCUT2D eigenvalue weighted by atomic mass is 17.2. The van der Waals surface area contributed by atoms with E-state index in [4.69, 9.17) is 9.47 Å². The van der Waals surface area contributed by atoms with Gasteiger partial charge in [-0.05, 0) is 41.5 Å². The molecule has 0 radical (unpaired) electrons. The molecule has 0 aliphatic rings. The van der Waals surface area contributed by atoms with Gasteiger partial charge in [0.25, 0.3) is 0 Å². The third-order valence-corrected chi connectivity index (χ3v) is 1.93. The largest absolute Gasteiger partial charge is 0.509 e. The van der Waals surface area contributed by atoms with Crippen LogP contribution in [0.3, 0.4) is 0 Å². The second-order valence-corrected chi connectivity index (χ2v) is 7.79. The number of ether oxygens (including phenoxy) is 2. The first kappa shape index (κ1) is 24.5. The van der Waals surface area contributed by atoms with E-state index in [0.29, 0.717) is 0 Å². The summed E-state index contributed by atoms with van der Waals surface area (Å²) in [6.45, 7) is 17.4. The second kappa shape index (κ2) is 10.2. The fraction of sp³-hybridized carbons (Fsp3) is 0.824. The van der Waals surface area contributed by atoms with Gasteiger partial charge >= 0.3 is 18.1 Å². The summed E-state index contributed by atoms with van der Waals surface area (Å²) < 4.78 is 9.91. The predicted octanol–water partition coefficient (Wildman–Crippen LogP) is 4.04. The van der Waals surface area contributed by atoms with E-state index in [1.807, 2.05) is 0 Å². The topological polar surface area (TPSA) is 88.1 Å². The van der Waals surface area contributed by atoms with E-state index in [1.165, 1.54) is 0 Å². The highest BCUT2D eigenvalue weighted by Gasteiger charge is 2.22. The van der Waals surface area contributed by atoms with Crippen LogP contribution in [0.5, 0.6) is 0 Å². The van der Waals surface area contributed by atoms with Crippen molar-refractivity contribution in [3.63, 3.8) is 0 Å². The molecule has 7 heteroatoms. The maximum atomic E-state index is 11.0. The van der Waals surface area contributed by atoms with Crippen LogP contribution in [-0.4, -0.2) is 29.3 Å². The Hall–Kier alpha value is -1.79. The Morgan fingerprint density at radius 1 is 0.625 bits per heavy atom. The summed E-state index contributed by atoms with van der Waals surface area (Å²) >= 11 is 0. The monoisotopic (exact) mass is 348 g/mol. The van der Waals surface area contributed by atoms with Crippen molar-refractivity contribution in [3.8, 4) is 0 Å². The molecule has 0 saturated heterocycles. The van der Waals surface area contributed by atoms with Crippen LogP contribution in [0.25, 0.3) is 0 Å². The molecule has 24 heavy (non-hydrogen) atoms. The van der Waals surface area contributed by atoms with Gasteiger partial charge in [0.05, 0.1) is 11.8 Å². The summed E-state index contributed by atoms with van der Waals surface area (Å²) in [6, 6.07) is 0. The van der Waals surface area contributed by atoms with E-state index in [9.17, 15) is 14.4 Å². The molecule has 0 aromatic heterocycles. The third kappa shape index (κ3) is 16.6. The molecule has 0 spiro atoms. The van der Waals surface area contributed by atoms with Crippen molar-refractivity contribution in [1.29, 1.82) is 0 Å². The van der Waals surface area contributed by atoms with Crippen molar-refractivity contribution in [2.24, 2.45) is 11.8 Å². The lowest BCUT2D eigenvalue weighted by atomic mass is 10.2. The molecule has 0 aromatic carbocycles. The van der Waals surface area contributed by atoms with Crippen molar-refractivity contribution >= 4 is 18.1 Å². The molecule has 0 bridgehead atoms. The molecule has 0 aliphatic heterocycles. The molecule has 0 N–H and O–H groups in total. The molecule has 0 heterocycles. The van der Waals surface area contributed by atoms with Gasteiger partial charge in [-0.3, -0.25) is 0 Å². The van der Waals surface area contributed by atoms with E-state index < -0.39 is 29.3 Å². The Labute approximate surface area is 144 Å². The predicted molar refractivity (Wildman–Crippen MR) is 88.9 cm³/mol. The van der Waals surface area contributed by atoms with Crippen molar-refractivity contribution in [2.45, 2.75) is 80.4 Å². The van der Waals surface area contributed by atoms with Crippen molar-refractivity contribution < 1.29 is 33.6 Å². The Bertz CT molecular complexity index is 374. The van der Waals surface area contributed by atoms with E-state index in [2.05, 4.69) is 9.78 Å². The lowest BCUT2D eigenvalue weighted by Gasteiger charge is -2.24. The number of hydrogen-bond acceptors (Lipinski definition) is 7. The summed E-state index contributed by atoms with van der Waals surface area (Å²) in [5, 5.41) is 0. The summed E-state index contributed by atoms with van der Waals surface area (Å²) in [4.78, 5) is 41.0. The van der Waals surface area contributed by atoms with Crippen LogP contribution in [0.2, 0.25) is 0 Å². The Morgan fingerprint density at radius 3 is 1.04 bits per heavy atom. The summed E-state index contributed by atoms with van der Waals surface area (Å²) in [6.07, 6.45) is -0.616. The Balaban J connectivity index is 0. The molecular formula is C17H32O7. The van der Waals surface area contributed by atoms with Crippen LogP contribution in [0.15, 0.2) is 0 Å². The summed E-state index contributed by atoms with van der Waals surface area (Å²) in [5.74, 6) is -1.65. The van der Waals surface area contributed by atoms with Gasteiger partial charge < -0.3 is 9.47 Å². The minimum atomic E-state index is -0.616. The fourth-order valence-electron chi connectivity index (χ4n) is 0.795. The minimum absolute atomic E-state index is 0.287. The van der Waals surface area contributed by atoms with E-state index in [1.54, 1.807) is 69.2 Å². The molecule has 0 unspecified atom stereocenters. The molecule has 142 valence electrons. The van der Waals surface area contributed by atoms with Gasteiger partial charge in [-0.1, -0.05) is 27.7 Å². The highest BCUT2D eigenvalue weighted by molar-refractivity contribution is 5.74. The standard InChI is InChI=1S/C9H18O3.C8H14O4/c1-8(2,3)11-7(10)12-9(4,5)6;1-5(2)7(9)11-12-8(10)6(3)4/h1-6H3;5-6H,1-4H3. The van der Waals surface area contributed by atoms with Gasteiger partial charge in [-0.15, -0.1) is 0 Å². The van der Waals surface area contributed by atoms with E-state index >= 15 is 0 Å². The second-order valence-electron chi connectivity index (χ2n) is 7.79. The van der Waals surface area contributed by atoms with Crippen molar-refractivity contribution in [1.82, 2.24) is 0 Å². The van der Waals surface area contributed by atoms with Crippen LogP contribution >= 0.6 is 0 Å². The number of rotatable bonds is 2. The maximum Gasteiger partial charge on any atom is 0.509 e. The quantitative estimate of drug-likeness (QED) is 0.423. The van der Waals surface area contributed by atoms with Gasteiger partial charge in [-0.2, -0.15) is 0 Å². The average Bonchev–Trinajstić information content (AvgIpc) is 2.30. The molecule has 0 atom stereocenters. The average molecular weight is 348 g/mol. The molecule has 0 rings (SSSR count). The van der Waals surface area contributed by atoms with Crippen LogP contribution in [0, 0.1) is 11.8 Å². The van der Waals surface area contributed by atoms with Gasteiger partial charge in [0.15, 0.2) is 0 Å². The highest BCUT2D eigenvalue weighted by Crippen LogP contribution is 2.13. The number of hydrogen-bond donors (Lipinski definition) is 0. The van der Waals surface area contributed by atoms with Crippen molar-refractivity contribution in [3.05, 3.63) is 0 Å².